The largest absolute Gasteiger partial charge is 0.479 e. The van der Waals surface area contributed by atoms with Crippen molar-refractivity contribution >= 4 is 22.6 Å². The number of nitrogens with zero attached hydrogens (tertiary/aromatic N) is 2. The molecule has 0 aliphatic heterocycles. The molecule has 0 N–H and O–H groups in total. The third-order valence-electron chi connectivity index (χ3n) is 2.93. The molecule has 0 spiro atoms. The van der Waals surface area contributed by atoms with Crippen molar-refractivity contribution in [2.24, 2.45) is 0 Å². The molecule has 2 rings (SSSR count). The van der Waals surface area contributed by atoms with Crippen molar-refractivity contribution < 1.29 is 46.2 Å². The minimum Gasteiger partial charge on any atom is -0.479 e. The Morgan fingerprint density at radius 3 is 2.52 bits per heavy atom. The Hall–Kier alpha value is -0.846. The fraction of sp³-hybridized carbons (Fsp3) is 0.200. The zero-order valence-electron chi connectivity index (χ0n) is 12.1. The summed E-state index contributed by atoms with van der Waals surface area (Å²) in [5.74, 6) is -1.85. The summed E-state index contributed by atoms with van der Waals surface area (Å²) in [4.78, 5) is 12.1. The first kappa shape index (κ1) is 20.2. The fourth-order valence-corrected chi connectivity index (χ4v) is 2.43. The van der Waals surface area contributed by atoms with E-state index in [9.17, 15) is 13.6 Å². The second-order valence-corrected chi connectivity index (χ2v) is 5.41. The first-order valence-electron chi connectivity index (χ1n) is 6.29. The van der Waals surface area contributed by atoms with Crippen LogP contribution >= 0.6 is 22.6 Å². The number of nitriles is 1. The van der Waals surface area contributed by atoms with Gasteiger partial charge in [0, 0.05) is 51.4 Å². The van der Waals surface area contributed by atoms with Crippen molar-refractivity contribution in [1.29, 1.82) is 5.26 Å². The molecule has 117 valence electrons. The Kier molecular flexibility index (Phi) is 7.77. The Morgan fingerprint density at radius 2 is 2.00 bits per heavy atom. The predicted octanol–water partition coefficient (Wildman–Crippen LogP) is 3.12. The quantitative estimate of drug-likeness (QED) is 0.476. The molecule has 2 aromatic rings. The standard InChI is InChI=1S/C15H10F2IN2O2.Y/c1-2-20-13(4-3-12(18)15(20)21)14-10(16)7-9(8-11(14)17)22-6-5-19;/h3,7-8H,2,6H2,1H3;/q-1;. The van der Waals surface area contributed by atoms with Gasteiger partial charge in [0.25, 0.3) is 0 Å². The molecule has 0 bridgehead atoms. The molecule has 0 aliphatic rings. The monoisotopic (exact) mass is 504 g/mol. The second-order valence-electron chi connectivity index (χ2n) is 4.24. The van der Waals surface area contributed by atoms with Gasteiger partial charge in [-0.3, -0.25) is 4.79 Å². The molecule has 23 heavy (non-hydrogen) atoms. The zero-order chi connectivity index (χ0) is 16.3. The number of ether oxygens (including phenoxy) is 1. The first-order chi connectivity index (χ1) is 10.5. The van der Waals surface area contributed by atoms with Crippen LogP contribution in [-0.2, 0) is 39.3 Å². The Labute approximate surface area is 170 Å². The number of rotatable bonds is 4. The van der Waals surface area contributed by atoms with Gasteiger partial charge in [-0.15, -0.1) is 22.6 Å². The van der Waals surface area contributed by atoms with Gasteiger partial charge in [0.15, 0.2) is 6.61 Å². The van der Waals surface area contributed by atoms with E-state index in [0.29, 0.717) is 3.57 Å². The summed E-state index contributed by atoms with van der Waals surface area (Å²) >= 11 is 1.84. The summed E-state index contributed by atoms with van der Waals surface area (Å²) in [7, 11) is 0. The van der Waals surface area contributed by atoms with Crippen LogP contribution < -0.4 is 10.3 Å². The van der Waals surface area contributed by atoms with Crippen molar-refractivity contribution in [1.82, 2.24) is 4.57 Å². The van der Waals surface area contributed by atoms with Crippen LogP contribution in [0.15, 0.2) is 23.0 Å². The molecule has 0 saturated carbocycles. The molecule has 1 heterocycles. The van der Waals surface area contributed by atoms with Crippen LogP contribution in [0.3, 0.4) is 0 Å². The zero-order valence-corrected chi connectivity index (χ0v) is 17.1. The Bertz CT molecular complexity index is 795. The van der Waals surface area contributed by atoms with E-state index in [1.807, 2.05) is 22.6 Å². The number of aromatic nitrogens is 1. The predicted molar refractivity (Wildman–Crippen MR) is 84.4 cm³/mol. The van der Waals surface area contributed by atoms with Gasteiger partial charge < -0.3 is 9.30 Å². The van der Waals surface area contributed by atoms with Gasteiger partial charge in [-0.25, -0.2) is 8.78 Å². The molecular weight excluding hydrogens is 494 g/mol. The van der Waals surface area contributed by atoms with Gasteiger partial charge in [-0.05, 0) is 16.1 Å². The van der Waals surface area contributed by atoms with Crippen LogP contribution in [0.2, 0.25) is 0 Å². The third kappa shape index (κ3) is 4.37. The average molecular weight is 504 g/mol. The Balaban J connectivity index is 0.00000264. The maximum absolute atomic E-state index is 14.2. The van der Waals surface area contributed by atoms with E-state index in [-0.39, 0.29) is 68.4 Å². The van der Waals surface area contributed by atoms with Crippen LogP contribution in [0.4, 0.5) is 8.78 Å². The van der Waals surface area contributed by atoms with Gasteiger partial charge >= 0.3 is 0 Å². The fourth-order valence-electron chi connectivity index (χ4n) is 1.99. The number of halogens is 3. The van der Waals surface area contributed by atoms with Crippen LogP contribution in [0.1, 0.15) is 6.92 Å². The summed E-state index contributed by atoms with van der Waals surface area (Å²) in [5.41, 5.74) is -0.644. The van der Waals surface area contributed by atoms with Crippen molar-refractivity contribution in [2.45, 2.75) is 13.5 Å². The minimum atomic E-state index is -0.882. The van der Waals surface area contributed by atoms with E-state index in [0.717, 1.165) is 12.1 Å². The van der Waals surface area contributed by atoms with E-state index >= 15 is 0 Å². The molecule has 1 aromatic carbocycles. The van der Waals surface area contributed by atoms with E-state index in [2.05, 4.69) is 6.07 Å². The van der Waals surface area contributed by atoms with Crippen LogP contribution in [0.25, 0.3) is 11.3 Å². The van der Waals surface area contributed by atoms with E-state index in [1.54, 1.807) is 13.0 Å². The van der Waals surface area contributed by atoms with Crippen LogP contribution in [0, 0.1) is 32.6 Å². The maximum Gasteiger partial charge on any atom is 0.207 e. The normalized spacial score (nSPS) is 9.87. The second kappa shape index (κ2) is 8.85. The summed E-state index contributed by atoms with van der Waals surface area (Å²) in [6, 6.07) is 7.80. The van der Waals surface area contributed by atoms with Gasteiger partial charge in [0.1, 0.15) is 11.8 Å². The minimum absolute atomic E-state index is 0. The van der Waals surface area contributed by atoms with Gasteiger partial charge in [0.2, 0.25) is 5.56 Å². The smallest absolute Gasteiger partial charge is 0.207 e. The van der Waals surface area contributed by atoms with E-state index in [1.165, 1.54) is 10.6 Å². The van der Waals surface area contributed by atoms with Gasteiger partial charge in [0.05, 0.1) is 11.6 Å². The van der Waals surface area contributed by atoms with Gasteiger partial charge in [-0.1, -0.05) is 5.69 Å². The van der Waals surface area contributed by atoms with Crippen molar-refractivity contribution in [2.75, 3.05) is 6.61 Å². The number of hydrogen-bond donors (Lipinski definition) is 0. The maximum atomic E-state index is 14.2. The number of pyridine rings is 1. The Morgan fingerprint density at radius 1 is 1.39 bits per heavy atom. The number of benzene rings is 1. The van der Waals surface area contributed by atoms with E-state index < -0.39 is 11.6 Å². The van der Waals surface area contributed by atoms with Crippen LogP contribution in [-0.4, -0.2) is 11.2 Å². The van der Waals surface area contributed by atoms with E-state index in [4.69, 9.17) is 10.00 Å². The summed E-state index contributed by atoms with van der Waals surface area (Å²) < 4.78 is 35.0. The molecule has 1 aromatic heterocycles. The molecular formula is C15H10F2IN2O2Y-. The van der Waals surface area contributed by atoms with Crippen molar-refractivity contribution in [3.05, 3.63) is 49.8 Å². The summed E-state index contributed by atoms with van der Waals surface area (Å²) in [5, 5.41) is 8.42. The summed E-state index contributed by atoms with van der Waals surface area (Å²) in [6.45, 7) is 1.65. The molecule has 1 radical (unpaired) electrons. The average Bonchev–Trinajstić information content (AvgIpc) is 2.48. The molecule has 0 atom stereocenters. The van der Waals surface area contributed by atoms with Gasteiger partial charge in [-0.2, -0.15) is 17.4 Å². The molecule has 0 aliphatic carbocycles. The molecule has 0 unspecified atom stereocenters. The molecule has 4 nitrogen and oxygen atoms in total. The molecule has 8 heteroatoms. The third-order valence-corrected chi connectivity index (χ3v) is 3.70. The van der Waals surface area contributed by atoms with Crippen LogP contribution in [0.5, 0.6) is 5.75 Å². The first-order valence-corrected chi connectivity index (χ1v) is 7.37. The molecule has 0 fully saturated rings. The summed E-state index contributed by atoms with van der Waals surface area (Å²) in [6.07, 6.45) is 0. The molecule has 0 amide bonds. The number of hydrogen-bond acceptors (Lipinski definition) is 3. The van der Waals surface area contributed by atoms with Crippen molar-refractivity contribution in [3.63, 3.8) is 0 Å². The SMILES string of the molecule is CCn1c(-c2c(F)cc(OCC#N)cc2F)[c-]cc(I)c1=O.[Y]. The topological polar surface area (TPSA) is 55.0 Å². The molecule has 0 saturated heterocycles. The van der Waals surface area contributed by atoms with Crippen molar-refractivity contribution in [3.8, 4) is 23.1 Å².